The molecule has 0 aromatic rings. The molecule has 1 N–H and O–H groups in total. The number of aliphatic hydroxyl groups is 1. The summed E-state index contributed by atoms with van der Waals surface area (Å²) in [6, 6.07) is 0. The minimum absolute atomic E-state index is 0.0750. The fraction of sp³-hybridized carbons (Fsp3) is 0.625. The van der Waals surface area contributed by atoms with E-state index in [-0.39, 0.29) is 18.3 Å². The Hall–Kier alpha value is -0.630. The van der Waals surface area contributed by atoms with Crippen molar-refractivity contribution in [3.05, 3.63) is 12.7 Å². The van der Waals surface area contributed by atoms with E-state index in [0.717, 1.165) is 6.42 Å². The highest BCUT2D eigenvalue weighted by molar-refractivity contribution is 5.75. The van der Waals surface area contributed by atoms with Crippen LogP contribution >= 0.6 is 0 Å². The van der Waals surface area contributed by atoms with E-state index in [1.54, 1.807) is 6.08 Å². The second-order valence-electron chi connectivity index (χ2n) is 2.48. The van der Waals surface area contributed by atoms with Gasteiger partial charge >= 0.3 is 0 Å². The van der Waals surface area contributed by atoms with Crippen LogP contribution < -0.4 is 0 Å². The van der Waals surface area contributed by atoms with Gasteiger partial charge in [-0.2, -0.15) is 0 Å². The normalized spacial score (nSPS) is 12.6. The molecule has 0 saturated heterocycles. The molecular weight excluding hydrogens is 128 g/mol. The molecule has 2 nitrogen and oxygen atoms in total. The highest BCUT2D eigenvalue weighted by Crippen LogP contribution is 2.07. The molecule has 0 aromatic heterocycles. The summed E-state index contributed by atoms with van der Waals surface area (Å²) in [6.45, 7) is 5.14. The third kappa shape index (κ3) is 4.27. The first-order valence-corrected chi connectivity index (χ1v) is 3.42. The lowest BCUT2D eigenvalue weighted by atomic mass is 10.0. The Labute approximate surface area is 61.6 Å². The van der Waals surface area contributed by atoms with Crippen molar-refractivity contribution in [3.63, 3.8) is 0 Å². The van der Waals surface area contributed by atoms with Crippen molar-refractivity contribution in [2.75, 3.05) is 6.61 Å². The molecule has 0 aromatic carbocycles. The summed E-state index contributed by atoms with van der Waals surface area (Å²) in [5.74, 6) is 0.205. The van der Waals surface area contributed by atoms with Crippen LogP contribution in [0.1, 0.15) is 19.8 Å². The molecule has 58 valence electrons. The van der Waals surface area contributed by atoms with E-state index in [1.807, 2.05) is 0 Å². The summed E-state index contributed by atoms with van der Waals surface area (Å²) in [4.78, 5) is 10.5. The van der Waals surface area contributed by atoms with Crippen molar-refractivity contribution in [3.8, 4) is 0 Å². The molecular formula is C8H14O2. The molecule has 0 spiro atoms. The van der Waals surface area contributed by atoms with Gasteiger partial charge < -0.3 is 9.90 Å². The van der Waals surface area contributed by atoms with Crippen molar-refractivity contribution in [2.24, 2.45) is 5.92 Å². The van der Waals surface area contributed by atoms with E-state index >= 15 is 0 Å². The van der Waals surface area contributed by atoms with E-state index < -0.39 is 0 Å². The van der Waals surface area contributed by atoms with Crippen LogP contribution in [0.3, 0.4) is 0 Å². The Morgan fingerprint density at radius 3 is 2.70 bits per heavy atom. The van der Waals surface area contributed by atoms with E-state index in [1.165, 1.54) is 6.92 Å². The van der Waals surface area contributed by atoms with Gasteiger partial charge in [0.2, 0.25) is 0 Å². The van der Waals surface area contributed by atoms with Gasteiger partial charge in [0.1, 0.15) is 5.78 Å². The Morgan fingerprint density at radius 1 is 1.80 bits per heavy atom. The van der Waals surface area contributed by atoms with Crippen molar-refractivity contribution in [1.29, 1.82) is 0 Å². The van der Waals surface area contributed by atoms with Crippen LogP contribution in [0.15, 0.2) is 12.7 Å². The molecule has 0 aliphatic carbocycles. The van der Waals surface area contributed by atoms with Crippen LogP contribution in [0.2, 0.25) is 0 Å². The van der Waals surface area contributed by atoms with Crippen LogP contribution in [-0.2, 0) is 4.79 Å². The molecule has 0 aliphatic rings. The van der Waals surface area contributed by atoms with Gasteiger partial charge in [0.15, 0.2) is 0 Å². The maximum Gasteiger partial charge on any atom is 0.130 e. The molecule has 0 heterocycles. The van der Waals surface area contributed by atoms with Gasteiger partial charge in [-0.05, 0) is 19.3 Å². The maximum atomic E-state index is 10.5. The summed E-state index contributed by atoms with van der Waals surface area (Å²) in [5, 5.41) is 8.71. The third-order valence-electron chi connectivity index (χ3n) is 1.33. The van der Waals surface area contributed by atoms with Gasteiger partial charge in [0.25, 0.3) is 0 Å². The van der Waals surface area contributed by atoms with E-state index in [9.17, 15) is 4.79 Å². The van der Waals surface area contributed by atoms with E-state index in [0.29, 0.717) is 6.42 Å². The minimum Gasteiger partial charge on any atom is -0.396 e. The molecule has 0 rings (SSSR count). The zero-order valence-corrected chi connectivity index (χ0v) is 6.34. The predicted molar refractivity (Wildman–Crippen MR) is 40.7 cm³/mol. The van der Waals surface area contributed by atoms with Crippen molar-refractivity contribution >= 4 is 5.78 Å². The fourth-order valence-electron chi connectivity index (χ4n) is 0.865. The van der Waals surface area contributed by atoms with Crippen LogP contribution in [0.5, 0.6) is 0 Å². The number of hydrogen-bond donors (Lipinski definition) is 1. The predicted octanol–water partition coefficient (Wildman–Crippen LogP) is 1.15. The molecule has 0 fully saturated rings. The number of carbonyl (C=O) groups excluding carboxylic acids is 1. The summed E-state index contributed by atoms with van der Waals surface area (Å²) in [6.07, 6.45) is 2.91. The monoisotopic (exact) mass is 142 g/mol. The largest absolute Gasteiger partial charge is 0.396 e. The third-order valence-corrected chi connectivity index (χ3v) is 1.33. The molecule has 2 heteroatoms. The maximum absolute atomic E-state index is 10.5. The number of rotatable bonds is 5. The topological polar surface area (TPSA) is 37.3 Å². The van der Waals surface area contributed by atoms with Gasteiger partial charge in [-0.3, -0.25) is 0 Å². The quantitative estimate of drug-likeness (QED) is 0.585. The van der Waals surface area contributed by atoms with Gasteiger partial charge in [-0.25, -0.2) is 0 Å². The summed E-state index contributed by atoms with van der Waals surface area (Å²) < 4.78 is 0. The minimum atomic E-state index is 0.0750. The molecule has 0 aliphatic heterocycles. The van der Waals surface area contributed by atoms with Crippen molar-refractivity contribution in [1.82, 2.24) is 0 Å². The van der Waals surface area contributed by atoms with Crippen LogP contribution in [0.25, 0.3) is 0 Å². The molecule has 0 saturated carbocycles. The zero-order chi connectivity index (χ0) is 7.98. The number of Topliss-reactive ketones (excluding diaryl/α,β-unsaturated/α-hetero) is 1. The number of allylic oxidation sites excluding steroid dienone is 1. The van der Waals surface area contributed by atoms with E-state index in [2.05, 4.69) is 6.58 Å². The highest BCUT2D eigenvalue weighted by atomic mass is 16.3. The average Bonchev–Trinajstić information content (AvgIpc) is 1.86. The molecule has 0 amide bonds. The smallest absolute Gasteiger partial charge is 0.130 e. The van der Waals surface area contributed by atoms with Gasteiger partial charge in [0, 0.05) is 13.0 Å². The van der Waals surface area contributed by atoms with Crippen LogP contribution in [0.4, 0.5) is 0 Å². The molecule has 0 bridgehead atoms. The summed E-state index contributed by atoms with van der Waals surface area (Å²) in [5.41, 5.74) is 0. The molecule has 0 radical (unpaired) electrons. The van der Waals surface area contributed by atoms with Crippen molar-refractivity contribution < 1.29 is 9.90 Å². The van der Waals surface area contributed by atoms with Crippen LogP contribution in [0, 0.1) is 5.92 Å². The number of aliphatic hydroxyl groups excluding tert-OH is 1. The number of carbonyl (C=O) groups is 1. The van der Waals surface area contributed by atoms with Gasteiger partial charge in [-0.1, -0.05) is 6.08 Å². The molecule has 10 heavy (non-hydrogen) atoms. The average molecular weight is 142 g/mol. The van der Waals surface area contributed by atoms with Crippen LogP contribution in [-0.4, -0.2) is 17.5 Å². The van der Waals surface area contributed by atoms with Gasteiger partial charge in [-0.15, -0.1) is 6.58 Å². The second kappa shape index (κ2) is 5.18. The molecule has 1 atom stereocenters. The van der Waals surface area contributed by atoms with Gasteiger partial charge in [0.05, 0.1) is 0 Å². The SMILES string of the molecule is C=CCC(CO)CC(C)=O. The first-order chi connectivity index (χ1) is 4.70. The zero-order valence-electron chi connectivity index (χ0n) is 6.34. The molecule has 1 unspecified atom stereocenters. The van der Waals surface area contributed by atoms with Crippen molar-refractivity contribution in [2.45, 2.75) is 19.8 Å². The first kappa shape index (κ1) is 9.37. The lowest BCUT2D eigenvalue weighted by Gasteiger charge is -2.07. The lowest BCUT2D eigenvalue weighted by Crippen LogP contribution is -2.09. The number of hydrogen-bond acceptors (Lipinski definition) is 2. The summed E-state index contributed by atoms with van der Waals surface area (Å²) in [7, 11) is 0. The van der Waals surface area contributed by atoms with E-state index in [4.69, 9.17) is 5.11 Å². The Kier molecular flexibility index (Phi) is 4.85. The second-order valence-corrected chi connectivity index (χ2v) is 2.48. The lowest BCUT2D eigenvalue weighted by molar-refractivity contribution is -0.118. The fourth-order valence-corrected chi connectivity index (χ4v) is 0.865. The summed E-state index contributed by atoms with van der Waals surface area (Å²) >= 11 is 0. The highest BCUT2D eigenvalue weighted by Gasteiger charge is 2.06. The Morgan fingerprint density at radius 2 is 2.40 bits per heavy atom. The first-order valence-electron chi connectivity index (χ1n) is 3.42. The number of ketones is 1. The Balaban J connectivity index is 3.59. The Bertz CT molecular complexity index is 118. The standard InChI is InChI=1S/C8H14O2/c1-3-4-8(6-9)5-7(2)10/h3,8-9H,1,4-6H2,2H3.